The van der Waals surface area contributed by atoms with Gasteiger partial charge in [-0.05, 0) is 32.9 Å². The van der Waals surface area contributed by atoms with Crippen LogP contribution in [0, 0.1) is 5.82 Å². The standard InChI is InChI=1S/C14H18ClFN2O/c1-4-19-8-9(2)18-13-6-5-11(16)7-12(13)17-14(18)10(3)15/h5-7,9-10H,4,8H2,1-3H3. The lowest BCUT2D eigenvalue weighted by Crippen LogP contribution is -2.15. The fraction of sp³-hybridized carbons (Fsp3) is 0.500. The van der Waals surface area contributed by atoms with Crippen molar-refractivity contribution in [3.63, 3.8) is 0 Å². The van der Waals surface area contributed by atoms with E-state index < -0.39 is 0 Å². The highest BCUT2D eigenvalue weighted by Gasteiger charge is 2.19. The average Bonchev–Trinajstić information content (AvgIpc) is 2.74. The molecule has 1 heterocycles. The molecule has 1 aromatic carbocycles. The van der Waals surface area contributed by atoms with Crippen LogP contribution in [-0.2, 0) is 4.74 Å². The number of hydrogen-bond acceptors (Lipinski definition) is 2. The summed E-state index contributed by atoms with van der Waals surface area (Å²) in [5.41, 5.74) is 1.52. The number of imidazole rings is 1. The van der Waals surface area contributed by atoms with Crippen molar-refractivity contribution in [1.82, 2.24) is 9.55 Å². The first kappa shape index (κ1) is 14.3. The minimum Gasteiger partial charge on any atom is -0.380 e. The number of alkyl halides is 1. The van der Waals surface area contributed by atoms with E-state index in [2.05, 4.69) is 4.98 Å². The molecule has 0 aliphatic rings. The monoisotopic (exact) mass is 284 g/mol. The second kappa shape index (κ2) is 5.88. The van der Waals surface area contributed by atoms with Crippen molar-refractivity contribution in [2.45, 2.75) is 32.2 Å². The first-order valence-electron chi connectivity index (χ1n) is 6.43. The predicted molar refractivity (Wildman–Crippen MR) is 75.2 cm³/mol. The third-order valence-corrected chi connectivity index (χ3v) is 3.23. The Morgan fingerprint density at radius 2 is 2.16 bits per heavy atom. The molecule has 0 N–H and O–H groups in total. The Balaban J connectivity index is 2.51. The van der Waals surface area contributed by atoms with E-state index >= 15 is 0 Å². The quantitative estimate of drug-likeness (QED) is 0.774. The number of aromatic nitrogens is 2. The van der Waals surface area contributed by atoms with E-state index in [0.717, 1.165) is 11.3 Å². The molecule has 0 aliphatic heterocycles. The molecule has 0 bridgehead atoms. The average molecular weight is 285 g/mol. The van der Waals surface area contributed by atoms with E-state index in [-0.39, 0.29) is 17.2 Å². The van der Waals surface area contributed by atoms with Gasteiger partial charge in [-0.2, -0.15) is 0 Å². The summed E-state index contributed by atoms with van der Waals surface area (Å²) in [5.74, 6) is 0.456. The smallest absolute Gasteiger partial charge is 0.128 e. The molecule has 0 spiro atoms. The maximum atomic E-state index is 13.3. The molecule has 3 nitrogen and oxygen atoms in total. The number of ether oxygens (including phenoxy) is 1. The van der Waals surface area contributed by atoms with Gasteiger partial charge in [0.1, 0.15) is 11.6 Å². The Bertz CT molecular complexity index is 568. The minimum atomic E-state index is -0.289. The molecule has 0 saturated carbocycles. The van der Waals surface area contributed by atoms with Gasteiger partial charge < -0.3 is 9.30 Å². The lowest BCUT2D eigenvalue weighted by molar-refractivity contribution is 0.119. The summed E-state index contributed by atoms with van der Waals surface area (Å²) in [5, 5.41) is -0.237. The van der Waals surface area contributed by atoms with Crippen molar-refractivity contribution >= 4 is 22.6 Å². The summed E-state index contributed by atoms with van der Waals surface area (Å²) >= 11 is 6.18. The highest BCUT2D eigenvalue weighted by atomic mass is 35.5. The molecule has 2 aromatic rings. The van der Waals surface area contributed by atoms with Crippen LogP contribution in [-0.4, -0.2) is 22.8 Å². The lowest BCUT2D eigenvalue weighted by atomic mass is 10.2. The van der Waals surface area contributed by atoms with Gasteiger partial charge in [0, 0.05) is 12.7 Å². The zero-order valence-corrected chi connectivity index (χ0v) is 12.1. The van der Waals surface area contributed by atoms with Crippen LogP contribution in [0.25, 0.3) is 11.0 Å². The van der Waals surface area contributed by atoms with Crippen LogP contribution in [0.4, 0.5) is 4.39 Å². The number of benzene rings is 1. The molecule has 0 saturated heterocycles. The van der Waals surface area contributed by atoms with Crippen LogP contribution in [0.3, 0.4) is 0 Å². The summed E-state index contributed by atoms with van der Waals surface area (Å²) < 4.78 is 20.8. The first-order valence-corrected chi connectivity index (χ1v) is 6.87. The number of fused-ring (bicyclic) bond motifs is 1. The van der Waals surface area contributed by atoms with Crippen molar-refractivity contribution in [2.75, 3.05) is 13.2 Å². The molecule has 0 amide bonds. The van der Waals surface area contributed by atoms with Gasteiger partial charge in [0.05, 0.1) is 29.1 Å². The van der Waals surface area contributed by atoms with E-state index in [1.165, 1.54) is 12.1 Å². The van der Waals surface area contributed by atoms with Gasteiger partial charge in [0.2, 0.25) is 0 Å². The molecular weight excluding hydrogens is 267 g/mol. The SMILES string of the molecule is CCOCC(C)n1c(C(C)Cl)nc2cc(F)ccc21. The van der Waals surface area contributed by atoms with Crippen LogP contribution in [0.5, 0.6) is 0 Å². The van der Waals surface area contributed by atoms with Crippen molar-refractivity contribution in [3.8, 4) is 0 Å². The second-order valence-corrected chi connectivity index (χ2v) is 5.25. The summed E-state index contributed by atoms with van der Waals surface area (Å²) in [4.78, 5) is 4.44. The molecule has 2 rings (SSSR count). The molecule has 0 fully saturated rings. The van der Waals surface area contributed by atoms with Crippen LogP contribution in [0.2, 0.25) is 0 Å². The molecule has 0 radical (unpaired) electrons. The maximum absolute atomic E-state index is 13.3. The summed E-state index contributed by atoms with van der Waals surface area (Å²) in [7, 11) is 0. The predicted octanol–water partition coefficient (Wildman–Crippen LogP) is 4.07. The van der Waals surface area contributed by atoms with Gasteiger partial charge in [-0.3, -0.25) is 0 Å². The molecule has 5 heteroatoms. The Morgan fingerprint density at radius 3 is 2.79 bits per heavy atom. The lowest BCUT2D eigenvalue weighted by Gasteiger charge is -2.18. The van der Waals surface area contributed by atoms with Crippen molar-refractivity contribution in [1.29, 1.82) is 0 Å². The molecule has 1 aromatic heterocycles. The van der Waals surface area contributed by atoms with Gasteiger partial charge in [0.25, 0.3) is 0 Å². The summed E-state index contributed by atoms with van der Waals surface area (Å²) in [6.07, 6.45) is 0. The van der Waals surface area contributed by atoms with Crippen molar-refractivity contribution in [2.24, 2.45) is 0 Å². The highest BCUT2D eigenvalue weighted by Crippen LogP contribution is 2.28. The fourth-order valence-corrected chi connectivity index (χ4v) is 2.35. The van der Waals surface area contributed by atoms with Gasteiger partial charge in [0.15, 0.2) is 0 Å². The molecule has 0 aliphatic carbocycles. The van der Waals surface area contributed by atoms with Gasteiger partial charge in [-0.1, -0.05) is 0 Å². The topological polar surface area (TPSA) is 27.1 Å². The highest BCUT2D eigenvalue weighted by molar-refractivity contribution is 6.20. The Hall–Kier alpha value is -1.13. The molecule has 19 heavy (non-hydrogen) atoms. The normalized spacial score (nSPS) is 14.8. The number of nitrogens with zero attached hydrogens (tertiary/aromatic N) is 2. The molecular formula is C14H18ClFN2O. The summed E-state index contributed by atoms with van der Waals surface area (Å²) in [6.45, 7) is 7.11. The van der Waals surface area contributed by atoms with Crippen LogP contribution >= 0.6 is 11.6 Å². The Morgan fingerprint density at radius 1 is 1.42 bits per heavy atom. The Kier molecular flexibility index (Phi) is 4.42. The summed E-state index contributed by atoms with van der Waals surface area (Å²) in [6, 6.07) is 4.72. The Labute approximate surface area is 117 Å². The largest absolute Gasteiger partial charge is 0.380 e. The molecule has 104 valence electrons. The van der Waals surface area contributed by atoms with E-state index in [1.54, 1.807) is 6.07 Å². The van der Waals surface area contributed by atoms with Crippen LogP contribution < -0.4 is 0 Å². The van der Waals surface area contributed by atoms with Crippen molar-refractivity contribution in [3.05, 3.63) is 29.8 Å². The number of halogens is 2. The van der Waals surface area contributed by atoms with Crippen LogP contribution in [0.15, 0.2) is 18.2 Å². The third-order valence-electron chi connectivity index (χ3n) is 3.04. The van der Waals surface area contributed by atoms with Crippen molar-refractivity contribution < 1.29 is 9.13 Å². The zero-order valence-electron chi connectivity index (χ0n) is 11.4. The maximum Gasteiger partial charge on any atom is 0.128 e. The molecule has 2 atom stereocenters. The fourth-order valence-electron chi connectivity index (χ4n) is 2.20. The zero-order chi connectivity index (χ0) is 14.0. The van der Waals surface area contributed by atoms with E-state index in [4.69, 9.17) is 16.3 Å². The minimum absolute atomic E-state index is 0.103. The first-order chi connectivity index (χ1) is 9.04. The molecule has 2 unspecified atom stereocenters. The van der Waals surface area contributed by atoms with Gasteiger partial charge in [-0.15, -0.1) is 11.6 Å². The number of hydrogen-bond donors (Lipinski definition) is 0. The van der Waals surface area contributed by atoms with E-state index in [1.807, 2.05) is 25.3 Å². The number of rotatable bonds is 5. The van der Waals surface area contributed by atoms with E-state index in [0.29, 0.717) is 18.7 Å². The van der Waals surface area contributed by atoms with Gasteiger partial charge in [-0.25, -0.2) is 9.37 Å². The second-order valence-electron chi connectivity index (χ2n) is 4.60. The van der Waals surface area contributed by atoms with Crippen LogP contribution in [0.1, 0.15) is 38.0 Å². The third kappa shape index (κ3) is 2.90. The van der Waals surface area contributed by atoms with Gasteiger partial charge >= 0.3 is 0 Å². The van der Waals surface area contributed by atoms with E-state index in [9.17, 15) is 4.39 Å².